The fourth-order valence-electron chi connectivity index (χ4n) is 3.80. The highest BCUT2D eigenvalue weighted by molar-refractivity contribution is 9.10. The Kier molecular flexibility index (Phi) is 4.08. The Hall–Kier alpha value is 0.990. The Morgan fingerprint density at radius 2 is 1.89 bits per heavy atom. The van der Waals surface area contributed by atoms with Gasteiger partial charge in [-0.1, -0.05) is 57.9 Å². The molecular formula is C15H23Br2Cl. The van der Waals surface area contributed by atoms with Gasteiger partial charge >= 0.3 is 0 Å². The van der Waals surface area contributed by atoms with Crippen molar-refractivity contribution in [1.29, 1.82) is 0 Å². The summed E-state index contributed by atoms with van der Waals surface area (Å²) in [5.74, 6) is 0. The molecule has 0 bridgehead atoms. The molecule has 0 amide bonds. The quantitative estimate of drug-likeness (QED) is 0.344. The second-order valence-electron chi connectivity index (χ2n) is 6.86. The van der Waals surface area contributed by atoms with Crippen molar-refractivity contribution in [3.05, 3.63) is 12.2 Å². The predicted molar refractivity (Wildman–Crippen MR) is 88.1 cm³/mol. The summed E-state index contributed by atoms with van der Waals surface area (Å²) in [5, 5.41) is 0.181. The lowest BCUT2D eigenvalue weighted by atomic mass is 9.50. The fourth-order valence-corrected chi connectivity index (χ4v) is 5.20. The number of halogens is 3. The van der Waals surface area contributed by atoms with Crippen LogP contribution in [0.5, 0.6) is 0 Å². The standard InChI is InChI=1S/C15H23Br2Cl/c1-10-5-6-11(16)13(2,3)15(10)8-7-14(4,17)12(18)9-15/h11-12H,1,5-9H2,2-4H3/t11-,12+,14+,15-/m0/s1. The number of rotatable bonds is 0. The number of alkyl halides is 3. The summed E-state index contributed by atoms with van der Waals surface area (Å²) < 4.78 is 0.0788. The molecule has 0 saturated heterocycles. The molecule has 4 atom stereocenters. The lowest BCUT2D eigenvalue weighted by Crippen LogP contribution is -2.54. The van der Waals surface area contributed by atoms with Crippen LogP contribution in [-0.4, -0.2) is 14.5 Å². The zero-order valence-electron chi connectivity index (χ0n) is 11.5. The van der Waals surface area contributed by atoms with Gasteiger partial charge in [-0.25, -0.2) is 0 Å². The molecule has 0 aromatic rings. The van der Waals surface area contributed by atoms with Crippen LogP contribution >= 0.6 is 43.5 Å². The monoisotopic (exact) mass is 396 g/mol. The van der Waals surface area contributed by atoms with Crippen LogP contribution in [0.25, 0.3) is 0 Å². The van der Waals surface area contributed by atoms with E-state index in [1.807, 2.05) is 0 Å². The van der Waals surface area contributed by atoms with Crippen LogP contribution < -0.4 is 0 Å². The van der Waals surface area contributed by atoms with E-state index in [4.69, 9.17) is 11.6 Å². The second-order valence-corrected chi connectivity index (χ2v) is 10.3. The van der Waals surface area contributed by atoms with E-state index in [1.54, 1.807) is 0 Å². The maximum atomic E-state index is 6.67. The minimum atomic E-state index is 0.0788. The van der Waals surface area contributed by atoms with E-state index in [0.29, 0.717) is 4.83 Å². The largest absolute Gasteiger partial charge is 0.121 e. The van der Waals surface area contributed by atoms with E-state index in [9.17, 15) is 0 Å². The fraction of sp³-hybridized carbons (Fsp3) is 0.867. The number of allylic oxidation sites excluding steroid dienone is 1. The van der Waals surface area contributed by atoms with Crippen LogP contribution in [0.15, 0.2) is 12.2 Å². The maximum Gasteiger partial charge on any atom is 0.0495 e. The minimum Gasteiger partial charge on any atom is -0.121 e. The second kappa shape index (κ2) is 4.77. The Morgan fingerprint density at radius 1 is 1.28 bits per heavy atom. The molecule has 18 heavy (non-hydrogen) atoms. The molecule has 2 fully saturated rings. The highest BCUT2D eigenvalue weighted by Gasteiger charge is 2.57. The zero-order chi connectivity index (χ0) is 13.8. The van der Waals surface area contributed by atoms with Gasteiger partial charge in [-0.05, 0) is 49.9 Å². The summed E-state index contributed by atoms with van der Waals surface area (Å²) in [6, 6.07) is 0. The van der Waals surface area contributed by atoms with Crippen molar-refractivity contribution in [2.75, 3.05) is 0 Å². The smallest absolute Gasteiger partial charge is 0.0495 e. The first-order chi connectivity index (χ1) is 8.13. The van der Waals surface area contributed by atoms with Crippen molar-refractivity contribution in [2.45, 2.75) is 67.4 Å². The van der Waals surface area contributed by atoms with Gasteiger partial charge in [-0.3, -0.25) is 0 Å². The van der Waals surface area contributed by atoms with Crippen LogP contribution in [0.3, 0.4) is 0 Å². The summed E-state index contributed by atoms with van der Waals surface area (Å²) in [6.45, 7) is 11.4. The molecule has 0 heterocycles. The summed E-state index contributed by atoms with van der Waals surface area (Å²) in [6.07, 6.45) is 5.72. The first-order valence-corrected chi connectivity index (χ1v) is 8.93. The summed E-state index contributed by atoms with van der Waals surface area (Å²) in [7, 11) is 0. The number of hydrogen-bond acceptors (Lipinski definition) is 0. The van der Waals surface area contributed by atoms with Crippen molar-refractivity contribution >= 4 is 43.5 Å². The minimum absolute atomic E-state index is 0.0788. The molecule has 2 saturated carbocycles. The molecule has 2 rings (SSSR count). The van der Waals surface area contributed by atoms with Crippen molar-refractivity contribution < 1.29 is 0 Å². The topological polar surface area (TPSA) is 0 Å². The molecule has 0 aromatic carbocycles. The van der Waals surface area contributed by atoms with Crippen LogP contribution in [-0.2, 0) is 0 Å². The van der Waals surface area contributed by atoms with Crippen LogP contribution in [0.1, 0.15) is 52.9 Å². The molecule has 0 N–H and O–H groups in total. The van der Waals surface area contributed by atoms with Gasteiger partial charge in [-0.2, -0.15) is 0 Å². The molecule has 0 aromatic heterocycles. The first kappa shape index (κ1) is 15.4. The van der Waals surface area contributed by atoms with E-state index < -0.39 is 0 Å². The van der Waals surface area contributed by atoms with Gasteiger partial charge in [0.2, 0.25) is 0 Å². The summed E-state index contributed by atoms with van der Waals surface area (Å²) in [5.41, 5.74) is 1.87. The zero-order valence-corrected chi connectivity index (χ0v) is 15.5. The van der Waals surface area contributed by atoms with Gasteiger partial charge in [0.25, 0.3) is 0 Å². The van der Waals surface area contributed by atoms with Crippen molar-refractivity contribution in [3.63, 3.8) is 0 Å². The summed E-state index contributed by atoms with van der Waals surface area (Å²) in [4.78, 5) is 0.569. The highest BCUT2D eigenvalue weighted by atomic mass is 79.9. The van der Waals surface area contributed by atoms with Crippen molar-refractivity contribution in [1.82, 2.24) is 0 Å². The number of hydrogen-bond donors (Lipinski definition) is 0. The molecule has 0 nitrogen and oxygen atoms in total. The van der Waals surface area contributed by atoms with Crippen molar-refractivity contribution in [3.8, 4) is 0 Å². The molecule has 104 valence electrons. The van der Waals surface area contributed by atoms with Gasteiger partial charge in [0.05, 0.1) is 0 Å². The maximum absolute atomic E-state index is 6.67. The average Bonchev–Trinajstić information content (AvgIpc) is 2.27. The van der Waals surface area contributed by atoms with Gasteiger partial charge in [0.15, 0.2) is 0 Å². The van der Waals surface area contributed by atoms with E-state index in [2.05, 4.69) is 59.2 Å². The first-order valence-electron chi connectivity index (χ1n) is 6.79. The SMILES string of the molecule is C=C1CC[C@H](Br)C(C)(C)[C@]12CC[C@@](C)(Br)[C@H](Cl)C2. The van der Waals surface area contributed by atoms with Crippen LogP contribution in [0.2, 0.25) is 0 Å². The summed E-state index contributed by atoms with van der Waals surface area (Å²) >= 11 is 14.4. The molecular weight excluding hydrogens is 375 g/mol. The Labute approximate surface area is 133 Å². The molecule has 2 aliphatic rings. The van der Waals surface area contributed by atoms with Gasteiger partial charge in [0.1, 0.15) is 0 Å². The third kappa shape index (κ3) is 2.15. The van der Waals surface area contributed by atoms with Crippen LogP contribution in [0, 0.1) is 10.8 Å². The molecule has 2 aliphatic carbocycles. The average molecular weight is 399 g/mol. The van der Waals surface area contributed by atoms with Gasteiger partial charge in [-0.15, -0.1) is 11.6 Å². The van der Waals surface area contributed by atoms with E-state index in [-0.39, 0.29) is 20.5 Å². The van der Waals surface area contributed by atoms with Gasteiger partial charge in [0, 0.05) is 14.5 Å². The molecule has 0 radical (unpaired) electrons. The van der Waals surface area contributed by atoms with Gasteiger partial charge < -0.3 is 0 Å². The highest BCUT2D eigenvalue weighted by Crippen LogP contribution is 2.64. The third-order valence-electron chi connectivity index (χ3n) is 5.61. The Balaban J connectivity index is 2.37. The lowest BCUT2D eigenvalue weighted by Gasteiger charge is -2.59. The molecule has 0 aliphatic heterocycles. The van der Waals surface area contributed by atoms with E-state index >= 15 is 0 Å². The predicted octanol–water partition coefficient (Wildman–Crippen LogP) is 6.06. The molecule has 3 heteroatoms. The normalized spacial score (nSPS) is 48.4. The third-order valence-corrected chi connectivity index (χ3v) is 9.07. The Bertz CT molecular complexity index is 362. The van der Waals surface area contributed by atoms with Crippen molar-refractivity contribution in [2.24, 2.45) is 10.8 Å². The molecule has 1 spiro atoms. The van der Waals surface area contributed by atoms with E-state index in [0.717, 1.165) is 19.3 Å². The molecule has 0 unspecified atom stereocenters. The van der Waals surface area contributed by atoms with Crippen LogP contribution in [0.4, 0.5) is 0 Å². The Morgan fingerprint density at radius 3 is 2.44 bits per heavy atom. The van der Waals surface area contributed by atoms with E-state index in [1.165, 1.54) is 18.4 Å². The lowest BCUT2D eigenvalue weighted by molar-refractivity contribution is 0.0341.